The van der Waals surface area contributed by atoms with Crippen molar-refractivity contribution in [1.29, 1.82) is 0 Å². The molecule has 1 N–H and O–H groups in total. The molecule has 2 aromatic carbocycles. The van der Waals surface area contributed by atoms with E-state index in [1.54, 1.807) is 37.3 Å². The average Bonchev–Trinajstić information content (AvgIpc) is 3.31. The lowest BCUT2D eigenvalue weighted by Crippen LogP contribution is -2.47. The minimum absolute atomic E-state index is 0.188. The molecule has 1 atom stereocenters. The highest BCUT2D eigenvalue weighted by Crippen LogP contribution is 2.40. The van der Waals surface area contributed by atoms with Crippen molar-refractivity contribution in [3.63, 3.8) is 0 Å². The largest absolute Gasteiger partial charge is 0.493 e. The zero-order valence-electron chi connectivity index (χ0n) is 19.8. The maximum atomic E-state index is 13.1. The Labute approximate surface area is 203 Å². The van der Waals surface area contributed by atoms with E-state index in [9.17, 15) is 4.79 Å². The van der Waals surface area contributed by atoms with Crippen LogP contribution in [0.25, 0.3) is 17.0 Å². The highest BCUT2D eigenvalue weighted by Gasteiger charge is 2.36. The molecular formula is C25H27ClN4O4. The van der Waals surface area contributed by atoms with Crippen molar-refractivity contribution in [3.05, 3.63) is 64.6 Å². The van der Waals surface area contributed by atoms with Crippen LogP contribution in [0.2, 0.25) is 5.02 Å². The molecule has 4 rings (SSSR count). The molecule has 178 valence electrons. The number of carbonyl (C=O) groups excluding carboxylic acids is 1. The minimum Gasteiger partial charge on any atom is -0.493 e. The van der Waals surface area contributed by atoms with Crippen LogP contribution in [0, 0.1) is 5.92 Å². The number of halogens is 1. The first kappa shape index (κ1) is 23.6. The van der Waals surface area contributed by atoms with Crippen LogP contribution in [0.15, 0.2) is 52.7 Å². The summed E-state index contributed by atoms with van der Waals surface area (Å²) in [4.78, 5) is 19.5. The van der Waals surface area contributed by atoms with Crippen molar-refractivity contribution in [2.75, 3.05) is 20.8 Å². The quantitative estimate of drug-likeness (QED) is 0.474. The first-order chi connectivity index (χ1) is 16.3. The van der Waals surface area contributed by atoms with Crippen LogP contribution >= 0.6 is 11.6 Å². The third kappa shape index (κ3) is 4.59. The first-order valence-electron chi connectivity index (χ1n) is 10.9. The molecule has 1 aliphatic rings. The Kier molecular flexibility index (Phi) is 6.79. The van der Waals surface area contributed by atoms with Crippen LogP contribution in [-0.4, -0.2) is 41.8 Å². The summed E-state index contributed by atoms with van der Waals surface area (Å²) in [6, 6.07) is 12.0. The number of amides is 2. The van der Waals surface area contributed by atoms with Gasteiger partial charge < -0.3 is 19.3 Å². The third-order valence-electron chi connectivity index (χ3n) is 5.64. The maximum Gasteiger partial charge on any atom is 0.322 e. The van der Waals surface area contributed by atoms with Gasteiger partial charge in [-0.25, -0.2) is 4.79 Å². The number of carbonyl (C=O) groups is 1. The summed E-state index contributed by atoms with van der Waals surface area (Å²) >= 11 is 6.01. The summed E-state index contributed by atoms with van der Waals surface area (Å²) in [7, 11) is 3.15. The lowest BCUT2D eigenvalue weighted by Gasteiger charge is -2.36. The van der Waals surface area contributed by atoms with Gasteiger partial charge in [-0.1, -0.05) is 36.7 Å². The third-order valence-corrected chi connectivity index (χ3v) is 5.90. The van der Waals surface area contributed by atoms with E-state index in [2.05, 4.69) is 29.3 Å². The second kappa shape index (κ2) is 9.77. The van der Waals surface area contributed by atoms with Crippen LogP contribution < -0.4 is 14.8 Å². The molecule has 0 saturated carbocycles. The lowest BCUT2D eigenvalue weighted by atomic mass is 9.94. The molecule has 0 fully saturated rings. The number of hydrogen-bond acceptors (Lipinski definition) is 6. The highest BCUT2D eigenvalue weighted by molar-refractivity contribution is 6.30. The summed E-state index contributed by atoms with van der Waals surface area (Å²) in [6.07, 6.45) is 0. The monoisotopic (exact) mass is 482 g/mol. The molecule has 9 heteroatoms. The van der Waals surface area contributed by atoms with E-state index in [0.29, 0.717) is 34.8 Å². The Hall–Kier alpha value is -3.52. The number of aromatic nitrogens is 2. The number of rotatable bonds is 7. The van der Waals surface area contributed by atoms with Crippen molar-refractivity contribution in [3.8, 4) is 22.9 Å². The summed E-state index contributed by atoms with van der Waals surface area (Å²) in [5.41, 5.74) is 3.05. The molecule has 8 nitrogen and oxygen atoms in total. The highest BCUT2D eigenvalue weighted by atomic mass is 35.5. The van der Waals surface area contributed by atoms with E-state index in [0.717, 1.165) is 22.4 Å². The topological polar surface area (TPSA) is 89.7 Å². The van der Waals surface area contributed by atoms with E-state index >= 15 is 0 Å². The fourth-order valence-electron chi connectivity index (χ4n) is 3.97. The Morgan fingerprint density at radius 3 is 2.47 bits per heavy atom. The van der Waals surface area contributed by atoms with Crippen molar-refractivity contribution in [1.82, 2.24) is 20.4 Å². The molecule has 0 radical (unpaired) electrons. The van der Waals surface area contributed by atoms with Crippen LogP contribution in [0.5, 0.6) is 11.5 Å². The van der Waals surface area contributed by atoms with Gasteiger partial charge in [-0.15, -0.1) is 0 Å². The zero-order valence-corrected chi connectivity index (χ0v) is 20.5. The number of benzene rings is 2. The normalized spacial score (nSPS) is 16.1. The van der Waals surface area contributed by atoms with E-state index < -0.39 is 6.04 Å². The van der Waals surface area contributed by atoms with Gasteiger partial charge in [-0.3, -0.25) is 4.90 Å². The fraction of sp³-hybridized carbons (Fsp3) is 0.320. The maximum absolute atomic E-state index is 13.1. The van der Waals surface area contributed by atoms with Crippen LogP contribution in [0.4, 0.5) is 4.79 Å². The number of urea groups is 1. The molecule has 0 spiro atoms. The second-order valence-corrected chi connectivity index (χ2v) is 8.87. The number of hydrogen-bond donors (Lipinski definition) is 1. The molecule has 2 amide bonds. The van der Waals surface area contributed by atoms with Gasteiger partial charge in [0.15, 0.2) is 11.5 Å². The fourth-order valence-corrected chi connectivity index (χ4v) is 4.10. The Morgan fingerprint density at radius 1 is 1.12 bits per heavy atom. The minimum atomic E-state index is -0.519. The van der Waals surface area contributed by atoms with E-state index in [1.807, 2.05) is 31.2 Å². The van der Waals surface area contributed by atoms with Gasteiger partial charge in [0.1, 0.15) is 0 Å². The lowest BCUT2D eigenvalue weighted by molar-refractivity contribution is 0.199. The van der Waals surface area contributed by atoms with E-state index in [-0.39, 0.29) is 11.9 Å². The summed E-state index contributed by atoms with van der Waals surface area (Å²) < 4.78 is 16.6. The molecule has 2 heterocycles. The molecule has 3 aromatic rings. The average molecular weight is 483 g/mol. The molecule has 1 unspecified atom stereocenters. The second-order valence-electron chi connectivity index (χ2n) is 8.43. The van der Waals surface area contributed by atoms with Gasteiger partial charge in [-0.05, 0) is 54.8 Å². The molecule has 1 aromatic heterocycles. The Bertz CT molecular complexity index is 1220. The number of nitrogens with zero attached hydrogens (tertiary/aromatic N) is 3. The SMILES string of the molecule is COc1ccc(C2NC(=O)N(CC(C)C)C(C)=C2c2nc(-c3ccc(Cl)cc3)no2)cc1OC. The summed E-state index contributed by atoms with van der Waals surface area (Å²) in [6.45, 7) is 6.58. The van der Waals surface area contributed by atoms with Gasteiger partial charge in [0.05, 0.1) is 25.8 Å². The van der Waals surface area contributed by atoms with Gasteiger partial charge in [0.25, 0.3) is 5.89 Å². The Morgan fingerprint density at radius 2 is 1.82 bits per heavy atom. The predicted octanol–water partition coefficient (Wildman–Crippen LogP) is 5.56. The summed E-state index contributed by atoms with van der Waals surface area (Å²) in [5.74, 6) is 2.19. The standard InChI is InChI=1S/C25H27ClN4O4/c1-14(2)13-30-15(3)21(24-28-23(29-34-24)16-6-9-18(26)10-7-16)22(27-25(30)31)17-8-11-19(32-4)20(12-17)33-5/h6-12,14,22H,13H2,1-5H3,(H,27,31). The predicted molar refractivity (Wildman–Crippen MR) is 130 cm³/mol. The van der Waals surface area contributed by atoms with Crippen LogP contribution in [0.1, 0.15) is 38.3 Å². The zero-order chi connectivity index (χ0) is 24.4. The smallest absolute Gasteiger partial charge is 0.322 e. The van der Waals surface area contributed by atoms with Gasteiger partial charge in [-0.2, -0.15) is 4.98 Å². The van der Waals surface area contributed by atoms with Crippen molar-refractivity contribution < 1.29 is 18.8 Å². The molecule has 0 bridgehead atoms. The molecule has 34 heavy (non-hydrogen) atoms. The first-order valence-corrected chi connectivity index (χ1v) is 11.3. The molecule has 0 saturated heterocycles. The van der Waals surface area contributed by atoms with Crippen molar-refractivity contribution >= 4 is 23.2 Å². The Balaban J connectivity index is 1.82. The van der Waals surface area contributed by atoms with Crippen molar-refractivity contribution in [2.24, 2.45) is 5.92 Å². The van der Waals surface area contributed by atoms with E-state index in [4.69, 9.17) is 25.6 Å². The van der Waals surface area contributed by atoms with Gasteiger partial charge >= 0.3 is 6.03 Å². The van der Waals surface area contributed by atoms with Crippen LogP contribution in [0.3, 0.4) is 0 Å². The molecule has 0 aliphatic carbocycles. The van der Waals surface area contributed by atoms with E-state index in [1.165, 1.54) is 0 Å². The number of ether oxygens (including phenoxy) is 2. The molecule has 1 aliphatic heterocycles. The number of methoxy groups -OCH3 is 2. The van der Waals surface area contributed by atoms with Gasteiger partial charge in [0, 0.05) is 22.8 Å². The number of allylic oxidation sites excluding steroid dienone is 1. The molecular weight excluding hydrogens is 456 g/mol. The van der Waals surface area contributed by atoms with Crippen molar-refractivity contribution in [2.45, 2.75) is 26.8 Å². The van der Waals surface area contributed by atoms with Crippen LogP contribution in [-0.2, 0) is 0 Å². The summed E-state index contributed by atoms with van der Waals surface area (Å²) in [5, 5.41) is 7.90. The number of nitrogens with one attached hydrogen (secondary N) is 1. The van der Waals surface area contributed by atoms with Gasteiger partial charge in [0.2, 0.25) is 5.82 Å².